The number of aryl methyl sites for hydroxylation is 1. The quantitative estimate of drug-likeness (QED) is 0.865. The van der Waals surface area contributed by atoms with Gasteiger partial charge in [0.25, 0.3) is 5.91 Å². The fourth-order valence-electron chi connectivity index (χ4n) is 1.72. The molecule has 1 amide bonds. The second kappa shape index (κ2) is 7.17. The first kappa shape index (κ1) is 15.4. The average Bonchev–Trinajstić information content (AvgIpc) is 2.49. The Morgan fingerprint density at radius 3 is 2.81 bits per heavy atom. The van der Waals surface area contributed by atoms with Crippen LogP contribution in [-0.2, 0) is 0 Å². The molecule has 0 radical (unpaired) electrons. The molecular weight excluding hydrogens is 332 g/mol. The number of aromatic nitrogens is 2. The van der Waals surface area contributed by atoms with Gasteiger partial charge in [0.05, 0.1) is 5.69 Å². The van der Waals surface area contributed by atoms with Crippen LogP contribution in [0.4, 0.5) is 11.6 Å². The number of carbonyl (C=O) groups is 1. The highest BCUT2D eigenvalue weighted by molar-refractivity contribution is 9.10. The van der Waals surface area contributed by atoms with Gasteiger partial charge < -0.3 is 10.6 Å². The van der Waals surface area contributed by atoms with E-state index >= 15 is 0 Å². The topological polar surface area (TPSA) is 66.9 Å². The van der Waals surface area contributed by atoms with Gasteiger partial charge in [-0.25, -0.2) is 9.97 Å². The molecule has 0 bridgehead atoms. The van der Waals surface area contributed by atoms with E-state index in [1.165, 1.54) is 0 Å². The van der Waals surface area contributed by atoms with Crippen LogP contribution in [0.3, 0.4) is 0 Å². The van der Waals surface area contributed by atoms with Gasteiger partial charge in [-0.3, -0.25) is 4.79 Å². The smallest absolute Gasteiger partial charge is 0.257 e. The number of hydrogen-bond donors (Lipinski definition) is 2. The Kier molecular flexibility index (Phi) is 5.27. The molecule has 0 aliphatic carbocycles. The number of carbonyl (C=O) groups excluding carboxylic acids is 1. The maximum absolute atomic E-state index is 12.2. The number of rotatable bonds is 5. The maximum Gasteiger partial charge on any atom is 0.257 e. The Labute approximate surface area is 132 Å². The molecule has 2 heterocycles. The number of amides is 1. The second-order valence-electron chi connectivity index (χ2n) is 4.57. The van der Waals surface area contributed by atoms with Crippen molar-refractivity contribution in [2.24, 2.45) is 0 Å². The molecule has 0 saturated heterocycles. The molecule has 0 atom stereocenters. The number of anilines is 2. The van der Waals surface area contributed by atoms with Crippen LogP contribution < -0.4 is 10.6 Å². The highest BCUT2D eigenvalue weighted by Crippen LogP contribution is 2.17. The van der Waals surface area contributed by atoms with Gasteiger partial charge in [0.2, 0.25) is 0 Å². The lowest BCUT2D eigenvalue weighted by molar-refractivity contribution is 0.102. The lowest BCUT2D eigenvalue weighted by Crippen LogP contribution is -2.14. The van der Waals surface area contributed by atoms with E-state index in [0.29, 0.717) is 17.2 Å². The monoisotopic (exact) mass is 348 g/mol. The first-order valence-corrected chi connectivity index (χ1v) is 7.54. The highest BCUT2D eigenvalue weighted by atomic mass is 79.9. The van der Waals surface area contributed by atoms with Crippen molar-refractivity contribution in [3.8, 4) is 0 Å². The van der Waals surface area contributed by atoms with E-state index in [9.17, 15) is 4.79 Å². The molecule has 0 aliphatic heterocycles. The van der Waals surface area contributed by atoms with Gasteiger partial charge in [0, 0.05) is 22.8 Å². The minimum Gasteiger partial charge on any atom is -0.370 e. The molecule has 2 aromatic heterocycles. The van der Waals surface area contributed by atoms with E-state index in [1.54, 1.807) is 24.4 Å². The number of halogens is 1. The summed E-state index contributed by atoms with van der Waals surface area (Å²) in [4.78, 5) is 20.7. The highest BCUT2D eigenvalue weighted by Gasteiger charge is 2.09. The molecule has 0 saturated carbocycles. The Bertz CT molecular complexity index is 645. The fraction of sp³-hybridized carbons (Fsp3) is 0.267. The average molecular weight is 349 g/mol. The zero-order valence-electron chi connectivity index (χ0n) is 12.0. The van der Waals surface area contributed by atoms with Crippen molar-refractivity contribution in [3.63, 3.8) is 0 Å². The lowest BCUT2D eigenvalue weighted by Gasteiger charge is -2.08. The summed E-state index contributed by atoms with van der Waals surface area (Å²) in [5.74, 6) is 1.02. The number of nitrogens with zero attached hydrogens (tertiary/aromatic N) is 2. The minimum atomic E-state index is -0.203. The Morgan fingerprint density at radius 1 is 1.29 bits per heavy atom. The first-order valence-electron chi connectivity index (χ1n) is 6.74. The van der Waals surface area contributed by atoms with Crippen LogP contribution in [-0.4, -0.2) is 22.4 Å². The van der Waals surface area contributed by atoms with E-state index in [4.69, 9.17) is 0 Å². The molecule has 2 rings (SSSR count). The predicted octanol–water partition coefficient (Wildman–Crippen LogP) is 3.62. The third-order valence-electron chi connectivity index (χ3n) is 2.84. The molecule has 0 spiro atoms. The molecular formula is C15H17BrN4O. The van der Waals surface area contributed by atoms with Crippen LogP contribution in [0.15, 0.2) is 34.9 Å². The largest absolute Gasteiger partial charge is 0.370 e. The molecule has 5 nitrogen and oxygen atoms in total. The molecule has 2 N–H and O–H groups in total. The van der Waals surface area contributed by atoms with E-state index in [1.807, 2.05) is 13.0 Å². The van der Waals surface area contributed by atoms with E-state index < -0.39 is 0 Å². The van der Waals surface area contributed by atoms with Crippen molar-refractivity contribution >= 4 is 33.5 Å². The third-order valence-corrected chi connectivity index (χ3v) is 3.68. The number of nitrogens with one attached hydrogen (secondary N) is 2. The van der Waals surface area contributed by atoms with Crippen LogP contribution in [0.1, 0.15) is 29.4 Å². The Hall–Kier alpha value is -1.95. The summed E-state index contributed by atoms with van der Waals surface area (Å²) in [5, 5.41) is 5.94. The van der Waals surface area contributed by atoms with Crippen molar-refractivity contribution in [1.82, 2.24) is 9.97 Å². The molecule has 0 fully saturated rings. The molecule has 6 heteroatoms. The fourth-order valence-corrected chi connectivity index (χ4v) is 1.94. The SMILES string of the molecule is CCCNc1cc(C(=O)Nc2ccc(Br)c(C)n2)ccn1. The van der Waals surface area contributed by atoms with Crippen LogP contribution in [0.5, 0.6) is 0 Å². The summed E-state index contributed by atoms with van der Waals surface area (Å²) in [6, 6.07) is 7.03. The van der Waals surface area contributed by atoms with Gasteiger partial charge in [0.1, 0.15) is 11.6 Å². The van der Waals surface area contributed by atoms with E-state index in [2.05, 4.69) is 43.5 Å². The Balaban J connectivity index is 2.10. The van der Waals surface area contributed by atoms with Crippen molar-refractivity contribution in [2.45, 2.75) is 20.3 Å². The molecule has 0 aromatic carbocycles. The summed E-state index contributed by atoms with van der Waals surface area (Å²) in [5.41, 5.74) is 1.37. The van der Waals surface area contributed by atoms with Gasteiger partial charge in [-0.2, -0.15) is 0 Å². The van der Waals surface area contributed by atoms with Gasteiger partial charge >= 0.3 is 0 Å². The van der Waals surface area contributed by atoms with Crippen molar-refractivity contribution in [3.05, 3.63) is 46.2 Å². The van der Waals surface area contributed by atoms with Gasteiger partial charge in [0.15, 0.2) is 0 Å². The zero-order chi connectivity index (χ0) is 15.2. The van der Waals surface area contributed by atoms with Crippen LogP contribution in [0.25, 0.3) is 0 Å². The normalized spacial score (nSPS) is 10.2. The Morgan fingerprint density at radius 2 is 2.10 bits per heavy atom. The van der Waals surface area contributed by atoms with Crippen LogP contribution in [0, 0.1) is 6.92 Å². The predicted molar refractivity (Wildman–Crippen MR) is 87.6 cm³/mol. The summed E-state index contributed by atoms with van der Waals surface area (Å²) >= 11 is 3.38. The second-order valence-corrected chi connectivity index (χ2v) is 5.43. The third kappa shape index (κ3) is 4.26. The molecule has 21 heavy (non-hydrogen) atoms. The van der Waals surface area contributed by atoms with Gasteiger partial charge in [-0.15, -0.1) is 0 Å². The standard InChI is InChI=1S/C15H17BrN4O/c1-3-7-17-14-9-11(6-8-18-14)15(21)20-13-5-4-12(16)10(2)19-13/h4-6,8-9H,3,7H2,1-2H3,(H,17,18)(H,19,20,21). The van der Waals surface area contributed by atoms with E-state index in [0.717, 1.165) is 23.1 Å². The molecule has 2 aromatic rings. The van der Waals surface area contributed by atoms with Crippen molar-refractivity contribution in [1.29, 1.82) is 0 Å². The van der Waals surface area contributed by atoms with Crippen molar-refractivity contribution < 1.29 is 4.79 Å². The first-order chi connectivity index (χ1) is 10.1. The van der Waals surface area contributed by atoms with Crippen LogP contribution in [0.2, 0.25) is 0 Å². The molecule has 0 unspecified atom stereocenters. The molecule has 0 aliphatic rings. The summed E-state index contributed by atoms with van der Waals surface area (Å²) in [7, 11) is 0. The minimum absolute atomic E-state index is 0.203. The van der Waals surface area contributed by atoms with Gasteiger partial charge in [-0.05, 0) is 53.5 Å². The summed E-state index contributed by atoms with van der Waals surface area (Å²) in [6.07, 6.45) is 2.62. The van der Waals surface area contributed by atoms with E-state index in [-0.39, 0.29) is 5.91 Å². The number of pyridine rings is 2. The summed E-state index contributed by atoms with van der Waals surface area (Å²) in [6.45, 7) is 4.77. The molecule has 110 valence electrons. The number of hydrogen-bond acceptors (Lipinski definition) is 4. The van der Waals surface area contributed by atoms with Crippen LogP contribution >= 0.6 is 15.9 Å². The maximum atomic E-state index is 12.2. The summed E-state index contributed by atoms with van der Waals surface area (Å²) < 4.78 is 0.912. The zero-order valence-corrected chi connectivity index (χ0v) is 13.6. The van der Waals surface area contributed by atoms with Crippen molar-refractivity contribution in [2.75, 3.05) is 17.2 Å². The lowest BCUT2D eigenvalue weighted by atomic mass is 10.2. The van der Waals surface area contributed by atoms with Gasteiger partial charge in [-0.1, -0.05) is 6.92 Å².